The molecular weight excluding hydrogens is 437 g/mol. The van der Waals surface area contributed by atoms with Crippen LogP contribution in [0.15, 0.2) is 66.9 Å². The Morgan fingerprint density at radius 3 is 2.45 bits per heavy atom. The van der Waals surface area contributed by atoms with Crippen molar-refractivity contribution in [3.8, 4) is 5.88 Å². The number of hydrogen-bond donors (Lipinski definition) is 3. The molecule has 10 heteroatoms. The molecule has 0 unspecified atom stereocenters. The van der Waals surface area contributed by atoms with E-state index in [0.717, 1.165) is 12.1 Å². The number of benzene rings is 2. The maximum absolute atomic E-state index is 13.6. The Labute approximate surface area is 188 Å². The first-order valence-corrected chi connectivity index (χ1v) is 9.97. The molecule has 33 heavy (non-hydrogen) atoms. The van der Waals surface area contributed by atoms with Crippen molar-refractivity contribution >= 4 is 23.3 Å². The van der Waals surface area contributed by atoms with Crippen molar-refractivity contribution in [1.82, 2.24) is 10.3 Å². The summed E-state index contributed by atoms with van der Waals surface area (Å²) in [7, 11) is 0. The van der Waals surface area contributed by atoms with Crippen LogP contribution in [-0.2, 0) is 12.7 Å². The molecule has 0 fully saturated rings. The van der Waals surface area contributed by atoms with Crippen LogP contribution in [-0.4, -0.2) is 23.5 Å². The lowest BCUT2D eigenvalue weighted by Gasteiger charge is -2.16. The predicted molar refractivity (Wildman–Crippen MR) is 117 cm³/mol. The van der Waals surface area contributed by atoms with E-state index in [2.05, 4.69) is 20.9 Å². The molecule has 0 aliphatic rings. The fraction of sp³-hybridized carbons (Fsp3) is 0.174. The molecule has 1 aromatic heterocycles. The van der Waals surface area contributed by atoms with Crippen LogP contribution in [0.4, 0.5) is 29.3 Å². The van der Waals surface area contributed by atoms with Crippen LogP contribution in [0.3, 0.4) is 0 Å². The van der Waals surface area contributed by atoms with Gasteiger partial charge in [0.25, 0.3) is 5.91 Å². The molecule has 3 aromatic rings. The molecule has 0 saturated carbocycles. The van der Waals surface area contributed by atoms with Gasteiger partial charge in [-0.25, -0.2) is 9.78 Å². The number of pyridine rings is 1. The number of aromatic nitrogens is 1. The first-order valence-electron chi connectivity index (χ1n) is 9.97. The van der Waals surface area contributed by atoms with Gasteiger partial charge in [-0.1, -0.05) is 24.3 Å². The molecule has 2 aromatic carbocycles. The van der Waals surface area contributed by atoms with Gasteiger partial charge in [0.1, 0.15) is 0 Å². The highest BCUT2D eigenvalue weighted by molar-refractivity contribution is 6.04. The van der Waals surface area contributed by atoms with Gasteiger partial charge in [-0.3, -0.25) is 4.79 Å². The molecule has 3 rings (SSSR count). The van der Waals surface area contributed by atoms with Crippen molar-refractivity contribution in [2.24, 2.45) is 0 Å². The highest BCUT2D eigenvalue weighted by atomic mass is 19.4. The van der Waals surface area contributed by atoms with E-state index in [1.807, 2.05) is 0 Å². The number of carbonyl (C=O) groups is 2. The zero-order valence-electron chi connectivity index (χ0n) is 17.6. The van der Waals surface area contributed by atoms with E-state index in [9.17, 15) is 22.8 Å². The van der Waals surface area contributed by atoms with Crippen molar-refractivity contribution in [3.05, 3.63) is 83.6 Å². The molecule has 7 nitrogen and oxygen atoms in total. The molecular formula is C23H21F3N4O3. The Balaban J connectivity index is 1.72. The summed E-state index contributed by atoms with van der Waals surface area (Å²) in [5.41, 5.74) is -0.730. The average molecular weight is 458 g/mol. The highest BCUT2D eigenvalue weighted by Crippen LogP contribution is 2.36. The van der Waals surface area contributed by atoms with Crippen molar-refractivity contribution in [2.45, 2.75) is 19.6 Å². The number of urea groups is 1. The second-order valence-electron chi connectivity index (χ2n) is 6.79. The summed E-state index contributed by atoms with van der Waals surface area (Å²) in [6.45, 7) is 2.16. The number of carbonyl (C=O) groups excluding carboxylic acids is 2. The summed E-state index contributed by atoms with van der Waals surface area (Å²) in [4.78, 5) is 28.6. The molecule has 0 spiro atoms. The Hall–Kier alpha value is -4.08. The van der Waals surface area contributed by atoms with Gasteiger partial charge in [-0.2, -0.15) is 13.2 Å². The summed E-state index contributed by atoms with van der Waals surface area (Å²) >= 11 is 0. The second kappa shape index (κ2) is 10.5. The van der Waals surface area contributed by atoms with Gasteiger partial charge >= 0.3 is 12.2 Å². The van der Waals surface area contributed by atoms with Gasteiger partial charge in [0.15, 0.2) is 0 Å². The van der Waals surface area contributed by atoms with Crippen molar-refractivity contribution in [2.75, 3.05) is 17.2 Å². The zero-order chi connectivity index (χ0) is 23.8. The summed E-state index contributed by atoms with van der Waals surface area (Å²) in [5, 5.41) is 7.12. The maximum atomic E-state index is 13.6. The first-order chi connectivity index (χ1) is 15.8. The predicted octanol–water partition coefficient (Wildman–Crippen LogP) is 5.07. The fourth-order valence-electron chi connectivity index (χ4n) is 2.93. The third-order valence-electron chi connectivity index (χ3n) is 4.44. The zero-order valence-corrected chi connectivity index (χ0v) is 17.6. The van der Waals surface area contributed by atoms with E-state index in [1.54, 1.807) is 49.4 Å². The van der Waals surface area contributed by atoms with E-state index in [1.165, 1.54) is 12.3 Å². The molecule has 3 N–H and O–H groups in total. The minimum Gasteiger partial charge on any atom is -0.478 e. The van der Waals surface area contributed by atoms with Crippen molar-refractivity contribution in [1.29, 1.82) is 0 Å². The van der Waals surface area contributed by atoms with E-state index in [-0.39, 0.29) is 12.2 Å². The number of nitrogens with one attached hydrogen (secondary N) is 3. The molecule has 0 saturated heterocycles. The Kier molecular flexibility index (Phi) is 7.50. The number of nitrogens with zero attached hydrogens (tertiary/aromatic N) is 1. The average Bonchev–Trinajstić information content (AvgIpc) is 2.79. The van der Waals surface area contributed by atoms with Crippen molar-refractivity contribution in [3.63, 3.8) is 0 Å². The van der Waals surface area contributed by atoms with Crippen LogP contribution < -0.4 is 20.7 Å². The molecule has 1 heterocycles. The normalized spacial score (nSPS) is 10.9. The summed E-state index contributed by atoms with van der Waals surface area (Å²) in [6, 6.07) is 13.7. The summed E-state index contributed by atoms with van der Waals surface area (Å²) in [6.07, 6.45) is -3.23. The monoisotopic (exact) mass is 458 g/mol. The number of hydrogen-bond acceptors (Lipinski definition) is 4. The van der Waals surface area contributed by atoms with E-state index in [4.69, 9.17) is 4.74 Å². The van der Waals surface area contributed by atoms with Crippen LogP contribution in [0.2, 0.25) is 0 Å². The van der Waals surface area contributed by atoms with Crippen LogP contribution >= 0.6 is 0 Å². The maximum Gasteiger partial charge on any atom is 0.418 e. The third kappa shape index (κ3) is 6.45. The number of ether oxygens (including phenoxy) is 1. The quantitative estimate of drug-likeness (QED) is 0.461. The molecule has 0 bridgehead atoms. The second-order valence-corrected chi connectivity index (χ2v) is 6.79. The largest absolute Gasteiger partial charge is 0.478 e. The molecule has 0 aliphatic carbocycles. The Bertz CT molecular complexity index is 1120. The van der Waals surface area contributed by atoms with Gasteiger partial charge in [-0.05, 0) is 43.3 Å². The Morgan fingerprint density at radius 2 is 1.76 bits per heavy atom. The summed E-state index contributed by atoms with van der Waals surface area (Å²) in [5.74, 6) is -0.224. The fourth-order valence-corrected chi connectivity index (χ4v) is 2.93. The van der Waals surface area contributed by atoms with Gasteiger partial charge in [0, 0.05) is 29.6 Å². The third-order valence-corrected chi connectivity index (χ3v) is 4.44. The number of amides is 3. The van der Waals surface area contributed by atoms with Gasteiger partial charge in [-0.15, -0.1) is 0 Å². The number of halogens is 3. The number of rotatable bonds is 7. The van der Waals surface area contributed by atoms with Crippen molar-refractivity contribution < 1.29 is 27.5 Å². The standard InChI is InChI=1S/C23H21F3N4O3/c1-2-33-21-16(9-6-12-27-21)14-28-22(32)30-19-11-10-17(13-18(19)23(24,25)26)29-20(31)15-7-4-3-5-8-15/h3-13H,2,14H2,1H3,(H,29,31)(H2,28,30,32). The number of anilines is 2. The van der Waals surface area contributed by atoms with Crippen LogP contribution in [0.1, 0.15) is 28.4 Å². The van der Waals surface area contributed by atoms with Gasteiger partial charge in [0.05, 0.1) is 17.9 Å². The Morgan fingerprint density at radius 1 is 1.00 bits per heavy atom. The highest BCUT2D eigenvalue weighted by Gasteiger charge is 2.34. The van der Waals surface area contributed by atoms with Gasteiger partial charge in [0.2, 0.25) is 5.88 Å². The lowest BCUT2D eigenvalue weighted by atomic mass is 10.1. The van der Waals surface area contributed by atoms with Crippen LogP contribution in [0.25, 0.3) is 0 Å². The van der Waals surface area contributed by atoms with E-state index >= 15 is 0 Å². The minimum atomic E-state index is -4.76. The lowest BCUT2D eigenvalue weighted by molar-refractivity contribution is -0.136. The molecule has 0 aliphatic heterocycles. The van der Waals surface area contributed by atoms with E-state index < -0.39 is 29.4 Å². The number of alkyl halides is 3. The lowest BCUT2D eigenvalue weighted by Crippen LogP contribution is -2.29. The SMILES string of the molecule is CCOc1ncccc1CNC(=O)Nc1ccc(NC(=O)c2ccccc2)cc1C(F)(F)F. The van der Waals surface area contributed by atoms with Gasteiger partial charge < -0.3 is 20.7 Å². The molecule has 0 atom stereocenters. The molecule has 3 amide bonds. The topological polar surface area (TPSA) is 92.3 Å². The summed E-state index contributed by atoms with van der Waals surface area (Å²) < 4.78 is 46.2. The smallest absolute Gasteiger partial charge is 0.418 e. The minimum absolute atomic E-state index is 0.00156. The first kappa shape index (κ1) is 23.6. The molecule has 172 valence electrons. The molecule has 0 radical (unpaired) electrons. The van der Waals surface area contributed by atoms with Crippen LogP contribution in [0.5, 0.6) is 5.88 Å². The van der Waals surface area contributed by atoms with Crippen LogP contribution in [0, 0.1) is 0 Å². The van der Waals surface area contributed by atoms with E-state index in [0.29, 0.717) is 23.6 Å².